The lowest BCUT2D eigenvalue weighted by Crippen LogP contribution is -2.56. The predicted octanol–water partition coefficient (Wildman–Crippen LogP) is 15.6. The molecule has 6 heteroatoms. The molecule has 0 saturated heterocycles. The van der Waals surface area contributed by atoms with Gasteiger partial charge in [-0.1, -0.05) is 182 Å². The Morgan fingerprint density at radius 1 is 0.250 bits per heavy atom. The summed E-state index contributed by atoms with van der Waals surface area (Å²) in [5.74, 6) is 0. The fraction of sp³-hybridized carbons (Fsp3) is 0. The SMILES string of the molecule is c1ccc2c(c1)-c1cccc3cc4c5c(c13)c1c-2cccc1n5-c1cccc2c1B4n1c3ccccc3c3c4c5c(c-2c31)c1ccccc1n5B1c2c-4cccc2-n2c3cccc4c3c3c5c(cccc5cc1c32)-c1ccccc1-4. The van der Waals surface area contributed by atoms with Crippen LogP contribution < -0.4 is 21.9 Å². The summed E-state index contributed by atoms with van der Waals surface area (Å²) in [4.78, 5) is 0. The standard InChI is InChI=1S/C74H36B2N4/c1-3-19-41-39(17-1)43-23-9-15-37-35-51-71-67(59(37)43)61-45(41)25-11-31-55(61)77(71)57-33-13-27-49-65-64-48-22-6-8-30-54(48)80-74(64)66(63-47-21-5-7-29-53(47)79(73(63)65)75(51)69(49)57)50-28-14-34-58-70(50)76(80)52-36-38-16-10-24-44-40-18-2-4-20-42(40)46-26-12-32-56-62(46)68(60(38)44)72(52)78(56)58/h1-36H. The van der Waals surface area contributed by atoms with Crippen LogP contribution in [-0.2, 0) is 0 Å². The zero-order valence-electron chi connectivity index (χ0n) is 42.7. The molecule has 2 aliphatic carbocycles. The summed E-state index contributed by atoms with van der Waals surface area (Å²) >= 11 is 0. The third-order valence-electron chi connectivity index (χ3n) is 20.5. The first kappa shape index (κ1) is 39.1. The Balaban J connectivity index is 0.926. The highest BCUT2D eigenvalue weighted by Gasteiger charge is 2.48. The quantitative estimate of drug-likeness (QED) is 0.135. The summed E-state index contributed by atoms with van der Waals surface area (Å²) in [6.07, 6.45) is 0. The monoisotopic (exact) mass is 1000 g/mol. The molecule has 0 N–H and O–H groups in total. The minimum atomic E-state index is -0.0865. The van der Waals surface area contributed by atoms with Gasteiger partial charge in [-0.15, -0.1) is 0 Å². The molecule has 80 heavy (non-hydrogen) atoms. The number of aromatic nitrogens is 4. The van der Waals surface area contributed by atoms with E-state index in [1.807, 2.05) is 0 Å². The average molecular weight is 1000 g/mol. The van der Waals surface area contributed by atoms with Crippen molar-refractivity contribution in [2.24, 2.45) is 0 Å². The molecule has 0 atom stereocenters. The molecule has 8 heterocycles. The molecule has 0 spiro atoms. The molecule has 0 saturated carbocycles. The van der Waals surface area contributed by atoms with Crippen molar-refractivity contribution in [3.05, 3.63) is 218 Å². The van der Waals surface area contributed by atoms with Gasteiger partial charge in [0, 0.05) is 87.7 Å². The van der Waals surface area contributed by atoms with Gasteiger partial charge in [0.25, 0.3) is 0 Å². The summed E-state index contributed by atoms with van der Waals surface area (Å²) in [6, 6.07) is 84.9. The average Bonchev–Trinajstić information content (AvgIpc) is 3.11. The third-order valence-corrected chi connectivity index (χ3v) is 20.5. The van der Waals surface area contributed by atoms with Gasteiger partial charge in [-0.25, -0.2) is 0 Å². The minimum absolute atomic E-state index is 0.0865. The Kier molecular flexibility index (Phi) is 6.19. The van der Waals surface area contributed by atoms with Crippen molar-refractivity contribution in [2.45, 2.75) is 0 Å². The molecule has 4 aromatic heterocycles. The second kappa shape index (κ2) is 12.7. The Hall–Kier alpha value is -10.3. The maximum atomic E-state index is 2.82. The van der Waals surface area contributed by atoms with Crippen molar-refractivity contribution in [1.82, 2.24) is 18.1 Å². The molecular weight excluding hydrogens is 966 g/mol. The number of nitrogens with zero attached hydrogens (tertiary/aromatic N) is 4. The number of rotatable bonds is 0. The number of hydrogen-bond donors (Lipinski definition) is 0. The predicted molar refractivity (Wildman–Crippen MR) is 337 cm³/mol. The molecule has 4 aliphatic heterocycles. The Labute approximate surface area is 456 Å². The lowest BCUT2D eigenvalue weighted by Gasteiger charge is -2.36. The number of para-hydroxylation sites is 2. The van der Waals surface area contributed by atoms with Gasteiger partial charge in [-0.3, -0.25) is 0 Å². The first-order valence-electron chi connectivity index (χ1n) is 28.3. The smallest absolute Gasteiger partial charge is 0.333 e. The van der Waals surface area contributed by atoms with Crippen molar-refractivity contribution >= 4 is 144 Å². The summed E-state index contributed by atoms with van der Waals surface area (Å²) in [5.41, 5.74) is 34.3. The van der Waals surface area contributed by atoms with Gasteiger partial charge in [0.1, 0.15) is 0 Å². The molecule has 0 radical (unpaired) electrons. The van der Waals surface area contributed by atoms with Gasteiger partial charge in [-0.05, 0) is 135 Å². The first-order valence-corrected chi connectivity index (χ1v) is 28.3. The fourth-order valence-corrected chi connectivity index (χ4v) is 18.0. The number of benzene rings is 13. The van der Waals surface area contributed by atoms with E-state index >= 15 is 0 Å². The largest absolute Gasteiger partial charge is 0.375 e. The van der Waals surface area contributed by atoms with Crippen LogP contribution in [0.3, 0.4) is 0 Å². The van der Waals surface area contributed by atoms with Crippen molar-refractivity contribution in [3.8, 4) is 78.1 Å². The Bertz CT molecular complexity index is 5690. The van der Waals surface area contributed by atoms with E-state index in [0.29, 0.717) is 0 Å². The molecule has 0 bridgehead atoms. The fourth-order valence-electron chi connectivity index (χ4n) is 18.0. The highest BCUT2D eigenvalue weighted by molar-refractivity contribution is 6.92. The van der Waals surface area contributed by atoms with E-state index in [1.165, 1.54) is 209 Å². The van der Waals surface area contributed by atoms with E-state index in [0.717, 1.165) is 0 Å². The van der Waals surface area contributed by atoms with Crippen LogP contribution in [0.2, 0.25) is 0 Å². The van der Waals surface area contributed by atoms with E-state index in [2.05, 4.69) is 236 Å². The Morgan fingerprint density at radius 2 is 0.600 bits per heavy atom. The van der Waals surface area contributed by atoms with Crippen LogP contribution in [-0.4, -0.2) is 31.8 Å². The molecule has 0 unspecified atom stereocenters. The molecule has 23 rings (SSSR count). The van der Waals surface area contributed by atoms with Gasteiger partial charge in [0.15, 0.2) is 0 Å². The summed E-state index contributed by atoms with van der Waals surface area (Å²) in [6.45, 7) is -0.173. The zero-order valence-corrected chi connectivity index (χ0v) is 42.7. The first-order chi connectivity index (χ1) is 39.8. The maximum absolute atomic E-state index is 2.82. The molecule has 6 aliphatic rings. The van der Waals surface area contributed by atoms with Crippen LogP contribution in [0, 0.1) is 0 Å². The highest BCUT2D eigenvalue weighted by Crippen LogP contribution is 2.57. The van der Waals surface area contributed by atoms with Gasteiger partial charge in [0.2, 0.25) is 0 Å². The normalized spacial score (nSPS) is 13.9. The maximum Gasteiger partial charge on any atom is 0.333 e. The van der Waals surface area contributed by atoms with Crippen molar-refractivity contribution < 1.29 is 0 Å². The molecule has 4 nitrogen and oxygen atoms in total. The molecule has 17 aromatic rings. The van der Waals surface area contributed by atoms with E-state index in [-0.39, 0.29) is 13.7 Å². The van der Waals surface area contributed by atoms with Gasteiger partial charge in [-0.2, -0.15) is 0 Å². The van der Waals surface area contributed by atoms with Gasteiger partial charge < -0.3 is 18.1 Å². The highest BCUT2D eigenvalue weighted by atomic mass is 15.0. The van der Waals surface area contributed by atoms with Crippen LogP contribution in [0.25, 0.3) is 187 Å². The van der Waals surface area contributed by atoms with E-state index in [9.17, 15) is 0 Å². The lowest BCUT2D eigenvalue weighted by molar-refractivity contribution is 1.17. The summed E-state index contributed by atoms with van der Waals surface area (Å²) in [5, 5.41) is 16.1. The van der Waals surface area contributed by atoms with E-state index in [1.54, 1.807) is 0 Å². The second-order valence-electron chi connectivity index (χ2n) is 23.6. The Morgan fingerprint density at radius 3 is 1.05 bits per heavy atom. The van der Waals surface area contributed by atoms with Crippen molar-refractivity contribution in [1.29, 1.82) is 0 Å². The molecule has 0 fully saturated rings. The molecule has 358 valence electrons. The van der Waals surface area contributed by atoms with Gasteiger partial charge in [0.05, 0.1) is 22.1 Å². The zero-order chi connectivity index (χ0) is 50.9. The van der Waals surface area contributed by atoms with Crippen LogP contribution in [0.1, 0.15) is 0 Å². The number of fused-ring (bicyclic) bond motifs is 24. The van der Waals surface area contributed by atoms with E-state index < -0.39 is 0 Å². The summed E-state index contributed by atoms with van der Waals surface area (Å²) in [7, 11) is 0. The van der Waals surface area contributed by atoms with Gasteiger partial charge >= 0.3 is 13.7 Å². The van der Waals surface area contributed by atoms with Crippen LogP contribution in [0.15, 0.2) is 218 Å². The lowest BCUT2D eigenvalue weighted by atomic mass is 9.44. The topological polar surface area (TPSA) is 19.7 Å². The van der Waals surface area contributed by atoms with Crippen molar-refractivity contribution in [2.75, 3.05) is 0 Å². The van der Waals surface area contributed by atoms with Crippen molar-refractivity contribution in [3.63, 3.8) is 0 Å². The van der Waals surface area contributed by atoms with Crippen LogP contribution >= 0.6 is 0 Å². The minimum Gasteiger partial charge on any atom is -0.375 e. The van der Waals surface area contributed by atoms with E-state index in [4.69, 9.17) is 0 Å². The van der Waals surface area contributed by atoms with Crippen LogP contribution in [0.4, 0.5) is 0 Å². The number of hydrogen-bond acceptors (Lipinski definition) is 0. The second-order valence-corrected chi connectivity index (χ2v) is 23.6. The molecular formula is C74H36B2N4. The third kappa shape index (κ3) is 3.91. The molecule has 13 aromatic carbocycles. The van der Waals surface area contributed by atoms with Crippen LogP contribution in [0.5, 0.6) is 0 Å². The summed E-state index contributed by atoms with van der Waals surface area (Å²) < 4.78 is 11.0. The molecule has 0 amide bonds.